The van der Waals surface area contributed by atoms with Crippen molar-refractivity contribution in [3.05, 3.63) is 59.9 Å². The molecule has 3 rings (SSSR count). The number of aromatic nitrogens is 1. The van der Waals surface area contributed by atoms with Gasteiger partial charge in [0.2, 0.25) is 0 Å². The summed E-state index contributed by atoms with van der Waals surface area (Å²) in [6.07, 6.45) is 4.80. The number of ether oxygens (including phenoxy) is 1. The maximum atomic E-state index is 13.2. The van der Waals surface area contributed by atoms with Gasteiger partial charge in [-0.05, 0) is 48.3 Å². The summed E-state index contributed by atoms with van der Waals surface area (Å²) in [7, 11) is 0. The van der Waals surface area contributed by atoms with Crippen molar-refractivity contribution in [3.63, 3.8) is 0 Å². The van der Waals surface area contributed by atoms with Gasteiger partial charge in [-0.15, -0.1) is 0 Å². The van der Waals surface area contributed by atoms with Gasteiger partial charge in [-0.2, -0.15) is 5.06 Å². The van der Waals surface area contributed by atoms with Gasteiger partial charge in [0.15, 0.2) is 6.04 Å². The quantitative estimate of drug-likeness (QED) is 0.523. The SMILES string of the molecule is CC(C)[C@@H]1CC[C@@H](C)C[C@H]1OC(=O)C(c1ccc[nH]1)N(O)Cc1ccccc1. The molecule has 1 aliphatic rings. The Balaban J connectivity index is 1.77. The van der Waals surface area contributed by atoms with Crippen LogP contribution in [0.25, 0.3) is 0 Å². The molecule has 1 fully saturated rings. The second-order valence-electron chi connectivity index (χ2n) is 8.41. The summed E-state index contributed by atoms with van der Waals surface area (Å²) in [5.41, 5.74) is 1.56. The molecule has 0 spiro atoms. The molecule has 1 aliphatic carbocycles. The number of esters is 1. The fraction of sp³-hybridized carbons (Fsp3) is 0.522. The summed E-state index contributed by atoms with van der Waals surface area (Å²) in [4.78, 5) is 16.2. The summed E-state index contributed by atoms with van der Waals surface area (Å²) in [5.74, 6) is 0.978. The van der Waals surface area contributed by atoms with E-state index in [0.717, 1.165) is 23.5 Å². The van der Waals surface area contributed by atoms with E-state index in [0.29, 0.717) is 23.4 Å². The number of carbonyl (C=O) groups is 1. The molecule has 28 heavy (non-hydrogen) atoms. The average molecular weight is 385 g/mol. The van der Waals surface area contributed by atoms with Crippen molar-refractivity contribution >= 4 is 5.97 Å². The maximum absolute atomic E-state index is 13.2. The molecule has 0 aliphatic heterocycles. The van der Waals surface area contributed by atoms with Crippen LogP contribution in [0.5, 0.6) is 0 Å². The van der Waals surface area contributed by atoms with Crippen LogP contribution in [0, 0.1) is 17.8 Å². The van der Waals surface area contributed by atoms with E-state index < -0.39 is 12.0 Å². The van der Waals surface area contributed by atoms with E-state index in [2.05, 4.69) is 25.8 Å². The first-order valence-electron chi connectivity index (χ1n) is 10.3. The molecule has 5 heteroatoms. The van der Waals surface area contributed by atoms with Crippen molar-refractivity contribution in [3.8, 4) is 0 Å². The monoisotopic (exact) mass is 384 g/mol. The highest BCUT2D eigenvalue weighted by Crippen LogP contribution is 2.36. The molecule has 0 saturated heterocycles. The van der Waals surface area contributed by atoms with Gasteiger partial charge in [-0.3, -0.25) is 0 Å². The topological polar surface area (TPSA) is 65.6 Å². The molecule has 1 unspecified atom stereocenters. The Bertz CT molecular complexity index is 730. The molecular weight excluding hydrogens is 352 g/mol. The largest absolute Gasteiger partial charge is 0.461 e. The minimum atomic E-state index is -0.875. The van der Waals surface area contributed by atoms with Crippen molar-refractivity contribution in [1.82, 2.24) is 10.0 Å². The van der Waals surface area contributed by atoms with Gasteiger partial charge in [-0.25, -0.2) is 4.79 Å². The van der Waals surface area contributed by atoms with Crippen LogP contribution in [0.4, 0.5) is 0 Å². The Hall–Kier alpha value is -2.11. The number of carbonyl (C=O) groups excluding carboxylic acids is 1. The predicted octanol–water partition coefficient (Wildman–Crippen LogP) is 4.95. The first kappa shape index (κ1) is 20.6. The zero-order valence-electron chi connectivity index (χ0n) is 17.0. The zero-order valence-corrected chi connectivity index (χ0v) is 17.0. The summed E-state index contributed by atoms with van der Waals surface area (Å²) < 4.78 is 6.02. The smallest absolute Gasteiger partial charge is 0.332 e. The minimum Gasteiger partial charge on any atom is -0.461 e. The van der Waals surface area contributed by atoms with E-state index in [1.807, 2.05) is 42.5 Å². The van der Waals surface area contributed by atoms with E-state index in [1.54, 1.807) is 6.20 Å². The van der Waals surface area contributed by atoms with Crippen molar-refractivity contribution in [2.45, 2.75) is 58.7 Å². The molecule has 0 amide bonds. The number of aromatic amines is 1. The third-order valence-electron chi connectivity index (χ3n) is 5.85. The minimum absolute atomic E-state index is 0.0983. The van der Waals surface area contributed by atoms with Crippen molar-refractivity contribution < 1.29 is 14.7 Å². The standard InChI is InChI=1S/C23H32N2O3/c1-16(2)19-12-11-17(3)14-21(19)28-23(26)22(20-10-7-13-24-20)25(27)15-18-8-5-4-6-9-18/h4-10,13,16-17,19,21-22,24,27H,11-12,14-15H2,1-3H3/t17-,19+,21-,22?/m1/s1. The predicted molar refractivity (Wildman–Crippen MR) is 109 cm³/mol. The van der Waals surface area contributed by atoms with Gasteiger partial charge >= 0.3 is 5.97 Å². The molecule has 152 valence electrons. The van der Waals surface area contributed by atoms with Crippen LogP contribution in [0.2, 0.25) is 0 Å². The molecule has 1 aromatic carbocycles. The molecule has 4 atom stereocenters. The molecule has 0 bridgehead atoms. The summed E-state index contributed by atoms with van der Waals surface area (Å²) in [5, 5.41) is 11.8. The van der Waals surface area contributed by atoms with Crippen LogP contribution in [-0.4, -0.2) is 27.3 Å². The summed E-state index contributed by atoms with van der Waals surface area (Å²) in [6, 6.07) is 12.4. The first-order valence-corrected chi connectivity index (χ1v) is 10.3. The highest BCUT2D eigenvalue weighted by atomic mass is 16.6. The van der Waals surface area contributed by atoms with Crippen LogP contribution in [0.1, 0.15) is 57.3 Å². The van der Waals surface area contributed by atoms with Gasteiger partial charge in [0, 0.05) is 11.9 Å². The zero-order chi connectivity index (χ0) is 20.1. The number of hydroxylamine groups is 2. The average Bonchev–Trinajstić information content (AvgIpc) is 3.16. The Morgan fingerprint density at radius 3 is 2.61 bits per heavy atom. The summed E-state index contributed by atoms with van der Waals surface area (Å²) >= 11 is 0. The number of benzene rings is 1. The Kier molecular flexibility index (Phi) is 6.92. The first-order chi connectivity index (χ1) is 13.5. The lowest BCUT2D eigenvalue weighted by Gasteiger charge is -2.37. The van der Waals surface area contributed by atoms with Crippen molar-refractivity contribution in [1.29, 1.82) is 0 Å². The van der Waals surface area contributed by atoms with Gasteiger partial charge < -0.3 is 14.9 Å². The van der Waals surface area contributed by atoms with E-state index in [9.17, 15) is 10.0 Å². The lowest BCUT2D eigenvalue weighted by molar-refractivity contribution is -0.189. The van der Waals surface area contributed by atoms with Crippen LogP contribution in [-0.2, 0) is 16.1 Å². The van der Waals surface area contributed by atoms with E-state index in [-0.39, 0.29) is 12.6 Å². The van der Waals surface area contributed by atoms with Gasteiger partial charge in [-0.1, -0.05) is 57.5 Å². The van der Waals surface area contributed by atoms with E-state index in [4.69, 9.17) is 4.74 Å². The van der Waals surface area contributed by atoms with E-state index >= 15 is 0 Å². The molecular formula is C23H32N2O3. The van der Waals surface area contributed by atoms with Gasteiger partial charge in [0.25, 0.3) is 0 Å². The highest BCUT2D eigenvalue weighted by Gasteiger charge is 2.37. The fourth-order valence-electron chi connectivity index (χ4n) is 4.25. The van der Waals surface area contributed by atoms with Crippen molar-refractivity contribution in [2.24, 2.45) is 17.8 Å². The third kappa shape index (κ3) is 5.03. The van der Waals surface area contributed by atoms with Crippen molar-refractivity contribution in [2.75, 3.05) is 0 Å². The second kappa shape index (κ2) is 9.39. The third-order valence-corrected chi connectivity index (χ3v) is 5.85. The maximum Gasteiger partial charge on any atom is 0.332 e. The lowest BCUT2D eigenvalue weighted by atomic mass is 9.75. The van der Waals surface area contributed by atoms with Crippen LogP contribution in [0.3, 0.4) is 0 Å². The number of nitrogens with one attached hydrogen (secondary N) is 1. The summed E-state index contributed by atoms with van der Waals surface area (Å²) in [6.45, 7) is 6.84. The Morgan fingerprint density at radius 2 is 1.96 bits per heavy atom. The van der Waals surface area contributed by atoms with Crippen LogP contribution >= 0.6 is 0 Å². The number of rotatable bonds is 7. The molecule has 5 nitrogen and oxygen atoms in total. The number of H-pyrrole nitrogens is 1. The highest BCUT2D eigenvalue weighted by molar-refractivity contribution is 5.77. The molecule has 1 heterocycles. The number of hydrogen-bond donors (Lipinski definition) is 2. The second-order valence-corrected chi connectivity index (χ2v) is 8.41. The molecule has 2 N–H and O–H groups in total. The molecule has 2 aromatic rings. The van der Waals surface area contributed by atoms with Crippen LogP contribution < -0.4 is 0 Å². The molecule has 0 radical (unpaired) electrons. The van der Waals surface area contributed by atoms with Crippen LogP contribution in [0.15, 0.2) is 48.7 Å². The fourth-order valence-corrected chi connectivity index (χ4v) is 4.25. The number of hydrogen-bond acceptors (Lipinski definition) is 4. The Morgan fingerprint density at radius 1 is 1.21 bits per heavy atom. The van der Waals surface area contributed by atoms with E-state index in [1.165, 1.54) is 6.42 Å². The van der Waals surface area contributed by atoms with Gasteiger partial charge in [0.05, 0.1) is 6.54 Å². The molecule has 1 aromatic heterocycles. The number of nitrogens with zero attached hydrogens (tertiary/aromatic N) is 1. The Labute approximate surface area is 167 Å². The molecule has 1 saturated carbocycles. The normalized spacial score (nSPS) is 23.7. The van der Waals surface area contributed by atoms with Gasteiger partial charge in [0.1, 0.15) is 6.10 Å². The lowest BCUT2D eigenvalue weighted by Crippen LogP contribution is -2.40.